The van der Waals surface area contributed by atoms with Gasteiger partial charge < -0.3 is 10.2 Å². The molecule has 0 aliphatic carbocycles. The molecule has 1 atom stereocenters. The summed E-state index contributed by atoms with van der Waals surface area (Å²) in [6.45, 7) is 1.46. The predicted octanol–water partition coefficient (Wildman–Crippen LogP) is 2.57. The Morgan fingerprint density at radius 3 is 2.90 bits per heavy atom. The van der Waals surface area contributed by atoms with Gasteiger partial charge in [0.25, 0.3) is 5.91 Å². The van der Waals surface area contributed by atoms with Crippen LogP contribution in [-0.4, -0.2) is 37.0 Å². The second-order valence-corrected chi connectivity index (χ2v) is 5.16. The molecule has 1 amide bonds. The van der Waals surface area contributed by atoms with E-state index in [0.29, 0.717) is 6.54 Å². The number of nitrogens with zero attached hydrogens (tertiary/aromatic N) is 1. The number of piperidine rings is 1. The van der Waals surface area contributed by atoms with Crippen molar-refractivity contribution in [2.24, 2.45) is 0 Å². The molecule has 0 spiro atoms. The number of amides is 1. The van der Waals surface area contributed by atoms with Crippen LogP contribution in [0, 0.1) is 11.6 Å². The first kappa shape index (κ1) is 14.9. The third kappa shape index (κ3) is 3.33. The molecule has 1 aromatic carbocycles. The van der Waals surface area contributed by atoms with Crippen LogP contribution in [0.15, 0.2) is 18.2 Å². The van der Waals surface area contributed by atoms with Gasteiger partial charge >= 0.3 is 0 Å². The van der Waals surface area contributed by atoms with E-state index in [9.17, 15) is 13.6 Å². The normalized spacial score (nSPS) is 19.1. The second kappa shape index (κ2) is 6.79. The van der Waals surface area contributed by atoms with E-state index in [4.69, 9.17) is 0 Å². The number of hydrogen-bond acceptors (Lipinski definition) is 2. The number of carbonyl (C=O) groups is 1. The van der Waals surface area contributed by atoms with E-state index in [-0.39, 0.29) is 17.5 Å². The van der Waals surface area contributed by atoms with Gasteiger partial charge in [0.15, 0.2) is 0 Å². The smallest absolute Gasteiger partial charge is 0.257 e. The highest BCUT2D eigenvalue weighted by Gasteiger charge is 2.28. The number of nitrogens with one attached hydrogen (secondary N) is 1. The molecule has 0 radical (unpaired) electrons. The third-order valence-electron chi connectivity index (χ3n) is 3.78. The van der Waals surface area contributed by atoms with Gasteiger partial charge in [-0.15, -0.1) is 0 Å². The van der Waals surface area contributed by atoms with Crippen molar-refractivity contribution < 1.29 is 13.6 Å². The number of benzene rings is 1. The summed E-state index contributed by atoms with van der Waals surface area (Å²) in [6.07, 6.45) is 3.82. The van der Waals surface area contributed by atoms with Crippen LogP contribution >= 0.6 is 0 Å². The topological polar surface area (TPSA) is 32.3 Å². The van der Waals surface area contributed by atoms with E-state index in [1.807, 2.05) is 7.05 Å². The number of carbonyl (C=O) groups excluding carboxylic acids is 1. The van der Waals surface area contributed by atoms with E-state index in [1.165, 1.54) is 6.07 Å². The summed E-state index contributed by atoms with van der Waals surface area (Å²) >= 11 is 0. The maximum absolute atomic E-state index is 13.7. The molecule has 1 saturated heterocycles. The number of rotatable bonds is 4. The zero-order valence-electron chi connectivity index (χ0n) is 11.7. The van der Waals surface area contributed by atoms with Gasteiger partial charge in [0.2, 0.25) is 0 Å². The molecule has 1 aromatic rings. The lowest BCUT2D eigenvalue weighted by atomic mass is 9.98. The monoisotopic (exact) mass is 282 g/mol. The fourth-order valence-corrected chi connectivity index (χ4v) is 2.70. The summed E-state index contributed by atoms with van der Waals surface area (Å²) in [5, 5.41) is 3.07. The maximum Gasteiger partial charge on any atom is 0.257 e. The van der Waals surface area contributed by atoms with Crippen molar-refractivity contribution in [3.63, 3.8) is 0 Å². The third-order valence-corrected chi connectivity index (χ3v) is 3.78. The van der Waals surface area contributed by atoms with Gasteiger partial charge in [-0.1, -0.05) is 0 Å². The lowest BCUT2D eigenvalue weighted by molar-refractivity contribution is 0.0597. The summed E-state index contributed by atoms with van der Waals surface area (Å²) in [5.41, 5.74) is -0.0391. The molecule has 1 N–H and O–H groups in total. The molecule has 0 aromatic heterocycles. The van der Waals surface area contributed by atoms with Crippen LogP contribution in [0.25, 0.3) is 0 Å². The summed E-state index contributed by atoms with van der Waals surface area (Å²) in [5.74, 6) is -1.78. The second-order valence-electron chi connectivity index (χ2n) is 5.16. The summed E-state index contributed by atoms with van der Waals surface area (Å²) in [7, 11) is 1.87. The summed E-state index contributed by atoms with van der Waals surface area (Å²) in [4.78, 5) is 14.2. The van der Waals surface area contributed by atoms with Crippen LogP contribution in [0.1, 0.15) is 36.0 Å². The van der Waals surface area contributed by atoms with Gasteiger partial charge in [-0.25, -0.2) is 8.78 Å². The molecule has 2 rings (SSSR count). The van der Waals surface area contributed by atoms with Crippen molar-refractivity contribution >= 4 is 5.91 Å². The van der Waals surface area contributed by atoms with Crippen molar-refractivity contribution in [2.75, 3.05) is 20.1 Å². The fraction of sp³-hybridized carbons (Fsp3) is 0.533. The highest BCUT2D eigenvalue weighted by Crippen LogP contribution is 2.23. The molecule has 20 heavy (non-hydrogen) atoms. The molecule has 1 heterocycles. The molecule has 0 saturated carbocycles. The quantitative estimate of drug-likeness (QED) is 0.920. The molecular formula is C15H20F2N2O. The van der Waals surface area contributed by atoms with E-state index in [1.54, 1.807) is 4.90 Å². The molecule has 1 aliphatic rings. The highest BCUT2D eigenvalue weighted by atomic mass is 19.1. The molecule has 1 fully saturated rings. The standard InChI is InChI=1S/C15H20F2N2O/c1-18-8-7-12-4-2-3-9-19(12)15(20)13-6-5-11(16)10-14(13)17/h5-6,10,12,18H,2-4,7-9H2,1H3. The van der Waals surface area contributed by atoms with Gasteiger partial charge in [-0.3, -0.25) is 4.79 Å². The minimum Gasteiger partial charge on any atom is -0.336 e. The number of likely N-dealkylation sites (tertiary alicyclic amines) is 1. The van der Waals surface area contributed by atoms with Crippen LogP contribution in [0.2, 0.25) is 0 Å². The molecule has 1 unspecified atom stereocenters. The Morgan fingerprint density at radius 2 is 2.20 bits per heavy atom. The lowest BCUT2D eigenvalue weighted by Gasteiger charge is -2.36. The minimum atomic E-state index is -0.784. The van der Waals surface area contributed by atoms with Gasteiger partial charge in [0, 0.05) is 18.7 Å². The highest BCUT2D eigenvalue weighted by molar-refractivity contribution is 5.94. The molecule has 110 valence electrons. The van der Waals surface area contributed by atoms with Crippen molar-refractivity contribution in [1.82, 2.24) is 10.2 Å². The van der Waals surface area contributed by atoms with E-state index in [2.05, 4.69) is 5.32 Å². The van der Waals surface area contributed by atoms with Crippen molar-refractivity contribution in [2.45, 2.75) is 31.7 Å². The van der Waals surface area contributed by atoms with E-state index >= 15 is 0 Å². The Kier molecular flexibility index (Phi) is 5.06. The molecule has 0 bridgehead atoms. The summed E-state index contributed by atoms with van der Waals surface area (Å²) in [6, 6.07) is 3.26. The van der Waals surface area contributed by atoms with Gasteiger partial charge in [-0.05, 0) is 51.4 Å². The summed E-state index contributed by atoms with van der Waals surface area (Å²) < 4.78 is 26.7. The predicted molar refractivity (Wildman–Crippen MR) is 73.6 cm³/mol. The maximum atomic E-state index is 13.7. The lowest BCUT2D eigenvalue weighted by Crippen LogP contribution is -2.45. The Morgan fingerprint density at radius 1 is 1.40 bits per heavy atom. The SMILES string of the molecule is CNCCC1CCCCN1C(=O)c1ccc(F)cc1F. The molecular weight excluding hydrogens is 262 g/mol. The average Bonchev–Trinajstić information content (AvgIpc) is 2.45. The van der Waals surface area contributed by atoms with Gasteiger partial charge in [0.1, 0.15) is 11.6 Å². The molecule has 5 heteroatoms. The Bertz CT molecular complexity index is 479. The first-order valence-corrected chi connectivity index (χ1v) is 7.04. The first-order chi connectivity index (χ1) is 9.63. The Labute approximate surface area is 118 Å². The van der Waals surface area contributed by atoms with E-state index in [0.717, 1.165) is 44.4 Å². The average molecular weight is 282 g/mol. The Balaban J connectivity index is 2.16. The van der Waals surface area contributed by atoms with Crippen molar-refractivity contribution in [3.05, 3.63) is 35.4 Å². The largest absolute Gasteiger partial charge is 0.336 e. The van der Waals surface area contributed by atoms with Crippen LogP contribution in [0.5, 0.6) is 0 Å². The molecule has 1 aliphatic heterocycles. The van der Waals surface area contributed by atoms with Gasteiger partial charge in [0.05, 0.1) is 5.56 Å². The van der Waals surface area contributed by atoms with Gasteiger partial charge in [-0.2, -0.15) is 0 Å². The zero-order valence-corrected chi connectivity index (χ0v) is 11.7. The number of hydrogen-bond donors (Lipinski definition) is 1. The zero-order chi connectivity index (χ0) is 14.5. The first-order valence-electron chi connectivity index (χ1n) is 7.04. The fourth-order valence-electron chi connectivity index (χ4n) is 2.70. The van der Waals surface area contributed by atoms with Crippen LogP contribution in [-0.2, 0) is 0 Å². The van der Waals surface area contributed by atoms with Crippen LogP contribution in [0.4, 0.5) is 8.78 Å². The van der Waals surface area contributed by atoms with Crippen LogP contribution < -0.4 is 5.32 Å². The van der Waals surface area contributed by atoms with Crippen molar-refractivity contribution in [1.29, 1.82) is 0 Å². The Hall–Kier alpha value is -1.49. The number of halogens is 2. The minimum absolute atomic E-state index is 0.0391. The van der Waals surface area contributed by atoms with Crippen LogP contribution in [0.3, 0.4) is 0 Å². The van der Waals surface area contributed by atoms with Crippen molar-refractivity contribution in [3.8, 4) is 0 Å². The molecule has 3 nitrogen and oxygen atoms in total. The van der Waals surface area contributed by atoms with E-state index < -0.39 is 11.6 Å².